The van der Waals surface area contributed by atoms with Crippen LogP contribution in [0.2, 0.25) is 0 Å². The van der Waals surface area contributed by atoms with Crippen LogP contribution in [0.25, 0.3) is 0 Å². The maximum absolute atomic E-state index is 12.6. The van der Waals surface area contributed by atoms with Crippen molar-refractivity contribution in [2.75, 3.05) is 13.2 Å². The quantitative estimate of drug-likeness (QED) is 0.189. The average molecular weight is 371 g/mol. The molecule has 0 rings (SSSR count). The van der Waals surface area contributed by atoms with Gasteiger partial charge in [-0.2, -0.15) is 0 Å². The molecule has 0 N–H and O–H groups in total. The minimum atomic E-state index is -3.12. The fourth-order valence-electron chi connectivity index (χ4n) is 2.27. The van der Waals surface area contributed by atoms with Crippen molar-refractivity contribution in [2.45, 2.75) is 79.1 Å². The van der Waals surface area contributed by atoms with Crippen LogP contribution in [0.1, 0.15) is 79.1 Å². The summed E-state index contributed by atoms with van der Waals surface area (Å²) in [5.41, 5.74) is 0. The predicted molar refractivity (Wildman–Crippen MR) is 103 cm³/mol. The summed E-state index contributed by atoms with van der Waals surface area (Å²) >= 11 is 4.11. The Morgan fingerprint density at radius 3 is 1.59 bits per heavy atom. The first-order valence-electron chi connectivity index (χ1n) is 8.77. The van der Waals surface area contributed by atoms with E-state index in [0.29, 0.717) is 25.0 Å². The Balaban J connectivity index is 4.29. The van der Waals surface area contributed by atoms with Gasteiger partial charge in [-0.1, -0.05) is 77.9 Å². The van der Waals surface area contributed by atoms with Crippen molar-refractivity contribution >= 4 is 28.9 Å². The largest absolute Gasteiger partial charge is 0.399 e. The van der Waals surface area contributed by atoms with Crippen LogP contribution >= 0.6 is 28.9 Å². The molecule has 6 heteroatoms. The molecule has 0 aromatic carbocycles. The summed E-state index contributed by atoms with van der Waals surface area (Å²) in [5.74, 6) is 0.916. The maximum Gasteiger partial charge on any atom is 0.399 e. The number of thiol groups is 1. The molecule has 0 aromatic rings. The smallest absolute Gasteiger partial charge is 0.300 e. The normalized spacial score (nSPS) is 17.1. The van der Waals surface area contributed by atoms with Crippen molar-refractivity contribution < 1.29 is 13.6 Å². The Kier molecular flexibility index (Phi) is 14.8. The lowest BCUT2D eigenvalue weighted by molar-refractivity contribution is 0.163. The number of unbranched alkanes of at least 4 members (excludes halogenated alkanes) is 2. The Morgan fingerprint density at radius 1 is 0.909 bits per heavy atom. The number of hydrogen-bond acceptors (Lipinski definition) is 5. The van der Waals surface area contributed by atoms with Crippen LogP contribution in [0, 0.1) is 11.8 Å². The number of hydrogen-bond donors (Lipinski definition) is 1. The van der Waals surface area contributed by atoms with Crippen LogP contribution in [-0.4, -0.2) is 13.2 Å². The lowest BCUT2D eigenvalue weighted by atomic mass is 10.0. The summed E-state index contributed by atoms with van der Waals surface area (Å²) in [6.45, 7) is 6.58. The van der Waals surface area contributed by atoms with E-state index in [0.717, 1.165) is 36.1 Å². The van der Waals surface area contributed by atoms with E-state index in [1.54, 1.807) is 0 Å². The molecule has 22 heavy (non-hydrogen) atoms. The fourth-order valence-corrected chi connectivity index (χ4v) is 4.73. The molecule has 0 heterocycles. The first kappa shape index (κ1) is 22.9. The third kappa shape index (κ3) is 10.6. The van der Waals surface area contributed by atoms with Gasteiger partial charge in [-0.15, -0.1) is 0 Å². The van der Waals surface area contributed by atoms with Crippen LogP contribution in [0.3, 0.4) is 0 Å². The Bertz CT molecular complexity index is 279. The fraction of sp³-hybridized carbons (Fsp3) is 1.00. The second kappa shape index (κ2) is 14.2. The lowest BCUT2D eigenvalue weighted by Gasteiger charge is -2.22. The Morgan fingerprint density at radius 2 is 1.32 bits per heavy atom. The third-order valence-electron chi connectivity index (χ3n) is 4.12. The van der Waals surface area contributed by atoms with Gasteiger partial charge >= 0.3 is 6.80 Å². The van der Waals surface area contributed by atoms with E-state index >= 15 is 0 Å². The van der Waals surface area contributed by atoms with Gasteiger partial charge in [-0.25, -0.2) is 4.57 Å². The summed E-state index contributed by atoms with van der Waals surface area (Å²) in [6.07, 6.45) is 9.09. The molecule has 134 valence electrons. The van der Waals surface area contributed by atoms with Gasteiger partial charge in [0.05, 0.1) is 13.2 Å². The van der Waals surface area contributed by atoms with Gasteiger partial charge in [-0.3, -0.25) is 9.05 Å². The Hall–Kier alpha value is 0.850. The van der Waals surface area contributed by atoms with Crippen LogP contribution in [0.5, 0.6) is 0 Å². The van der Waals surface area contributed by atoms with E-state index in [2.05, 4.69) is 39.4 Å². The molecular formula is C16H35O3PS2. The summed E-state index contributed by atoms with van der Waals surface area (Å²) in [7, 11) is 0.930. The SMILES string of the molecule is CCCCC(CC)COP(=O)(OCC(CC)CCCC)SS. The molecule has 0 saturated carbocycles. The standard InChI is InChI=1S/C16H35O3PS2/c1-5-9-11-15(7-3)13-18-20(17,22-21)19-14-16(8-4)12-10-6-2/h15-16,21H,5-14H2,1-4H3. The zero-order valence-electron chi connectivity index (χ0n) is 14.8. The van der Waals surface area contributed by atoms with Gasteiger partial charge in [0, 0.05) is 10.4 Å². The summed E-state index contributed by atoms with van der Waals surface area (Å²) < 4.78 is 23.9. The highest BCUT2D eigenvalue weighted by Gasteiger charge is 2.27. The minimum Gasteiger partial charge on any atom is -0.300 e. The number of rotatable bonds is 15. The van der Waals surface area contributed by atoms with E-state index in [1.807, 2.05) is 0 Å². The zero-order valence-corrected chi connectivity index (χ0v) is 17.4. The second-order valence-electron chi connectivity index (χ2n) is 5.95. The van der Waals surface area contributed by atoms with Crippen LogP contribution in [-0.2, 0) is 13.6 Å². The van der Waals surface area contributed by atoms with Gasteiger partial charge in [-0.05, 0) is 24.7 Å². The van der Waals surface area contributed by atoms with E-state index in [1.165, 1.54) is 25.7 Å². The monoisotopic (exact) mass is 370 g/mol. The molecule has 3 nitrogen and oxygen atoms in total. The molecule has 0 aliphatic heterocycles. The van der Waals surface area contributed by atoms with E-state index < -0.39 is 6.80 Å². The van der Waals surface area contributed by atoms with Crippen molar-refractivity contribution in [1.29, 1.82) is 0 Å². The highest BCUT2D eigenvalue weighted by molar-refractivity contribution is 8.93. The molecule has 0 aliphatic rings. The van der Waals surface area contributed by atoms with Gasteiger partial charge < -0.3 is 0 Å². The van der Waals surface area contributed by atoms with Gasteiger partial charge in [0.1, 0.15) is 0 Å². The van der Waals surface area contributed by atoms with E-state index in [9.17, 15) is 4.57 Å². The summed E-state index contributed by atoms with van der Waals surface area (Å²) in [5, 5.41) is 0. The van der Waals surface area contributed by atoms with Gasteiger partial charge in [0.25, 0.3) is 0 Å². The Labute approximate surface area is 146 Å². The maximum atomic E-state index is 12.6. The van der Waals surface area contributed by atoms with Crippen LogP contribution < -0.4 is 0 Å². The van der Waals surface area contributed by atoms with Crippen molar-refractivity contribution in [2.24, 2.45) is 11.8 Å². The topological polar surface area (TPSA) is 35.5 Å². The van der Waals surface area contributed by atoms with E-state index in [4.69, 9.17) is 9.05 Å². The first-order chi connectivity index (χ1) is 10.5. The molecule has 2 unspecified atom stereocenters. The molecule has 0 saturated heterocycles. The first-order valence-corrected chi connectivity index (χ1v) is 12.8. The highest BCUT2D eigenvalue weighted by Crippen LogP contribution is 2.63. The molecule has 0 radical (unpaired) electrons. The lowest BCUT2D eigenvalue weighted by Crippen LogP contribution is -2.11. The summed E-state index contributed by atoms with van der Waals surface area (Å²) in [4.78, 5) is 0. The van der Waals surface area contributed by atoms with Crippen molar-refractivity contribution in [3.63, 3.8) is 0 Å². The molecule has 0 amide bonds. The molecule has 0 bridgehead atoms. The van der Waals surface area contributed by atoms with Crippen molar-refractivity contribution in [3.05, 3.63) is 0 Å². The molecule has 0 aliphatic carbocycles. The minimum absolute atomic E-state index is 0.458. The molecule has 0 spiro atoms. The zero-order chi connectivity index (χ0) is 16.8. The summed E-state index contributed by atoms with van der Waals surface area (Å²) in [6, 6.07) is 0. The van der Waals surface area contributed by atoms with Gasteiger partial charge in [0.2, 0.25) is 0 Å². The van der Waals surface area contributed by atoms with Gasteiger partial charge in [0.15, 0.2) is 0 Å². The molecule has 0 fully saturated rings. The second-order valence-corrected chi connectivity index (χ2v) is 10.8. The molecular weight excluding hydrogens is 335 g/mol. The highest BCUT2D eigenvalue weighted by atomic mass is 33.3. The molecule has 2 atom stereocenters. The van der Waals surface area contributed by atoms with Crippen molar-refractivity contribution in [1.82, 2.24) is 0 Å². The molecule has 0 aromatic heterocycles. The van der Waals surface area contributed by atoms with E-state index in [-0.39, 0.29) is 0 Å². The predicted octanol–water partition coefficient (Wildman–Crippen LogP) is 7.14. The average Bonchev–Trinajstić information content (AvgIpc) is 2.55. The third-order valence-corrected chi connectivity index (χ3v) is 8.29. The van der Waals surface area contributed by atoms with Crippen molar-refractivity contribution in [3.8, 4) is 0 Å². The van der Waals surface area contributed by atoms with Crippen LogP contribution in [0.15, 0.2) is 0 Å². The van der Waals surface area contributed by atoms with Crippen LogP contribution in [0.4, 0.5) is 0 Å².